The number of carbonyl (C=O) groups is 1. The number of thiophene rings is 1. The molecule has 1 saturated heterocycles. The first-order chi connectivity index (χ1) is 6.38. The van der Waals surface area contributed by atoms with Crippen LogP contribution in [-0.2, 0) is 4.79 Å². The molecule has 3 nitrogen and oxygen atoms in total. The maximum atomic E-state index is 11.6. The lowest BCUT2D eigenvalue weighted by atomic mass is 10.4. The molecule has 1 aromatic heterocycles. The van der Waals surface area contributed by atoms with E-state index < -0.39 is 0 Å². The van der Waals surface area contributed by atoms with Crippen molar-refractivity contribution in [3.63, 3.8) is 0 Å². The van der Waals surface area contributed by atoms with Gasteiger partial charge in [0.15, 0.2) is 0 Å². The standard InChI is InChI=1S/C9H12N2OS/c12-8-3-4-10-5-6-11(8)9-2-1-7-13-9/h1-2,7,10H,3-6H2. The lowest BCUT2D eigenvalue weighted by molar-refractivity contribution is -0.118. The van der Waals surface area contributed by atoms with Crippen molar-refractivity contribution < 1.29 is 4.79 Å². The molecule has 0 aromatic carbocycles. The van der Waals surface area contributed by atoms with E-state index in [4.69, 9.17) is 0 Å². The highest BCUT2D eigenvalue weighted by Gasteiger charge is 2.17. The molecule has 4 heteroatoms. The first kappa shape index (κ1) is 8.72. The van der Waals surface area contributed by atoms with Crippen LogP contribution in [0.5, 0.6) is 0 Å². The number of carbonyl (C=O) groups excluding carboxylic acids is 1. The van der Waals surface area contributed by atoms with Crippen molar-refractivity contribution in [3.8, 4) is 0 Å². The van der Waals surface area contributed by atoms with Gasteiger partial charge >= 0.3 is 0 Å². The molecule has 2 rings (SSSR count). The lowest BCUT2D eigenvalue weighted by Crippen LogP contribution is -2.31. The van der Waals surface area contributed by atoms with E-state index in [2.05, 4.69) is 5.32 Å². The maximum absolute atomic E-state index is 11.6. The van der Waals surface area contributed by atoms with Gasteiger partial charge in [-0.05, 0) is 17.5 Å². The molecule has 1 aromatic rings. The summed E-state index contributed by atoms with van der Waals surface area (Å²) in [6.45, 7) is 2.49. The third-order valence-corrected chi connectivity index (χ3v) is 2.99. The monoisotopic (exact) mass is 196 g/mol. The Kier molecular flexibility index (Phi) is 2.61. The van der Waals surface area contributed by atoms with E-state index in [-0.39, 0.29) is 5.91 Å². The number of nitrogens with one attached hydrogen (secondary N) is 1. The van der Waals surface area contributed by atoms with Crippen LogP contribution in [-0.4, -0.2) is 25.5 Å². The van der Waals surface area contributed by atoms with Crippen LogP contribution in [0.15, 0.2) is 17.5 Å². The van der Waals surface area contributed by atoms with Crippen molar-refractivity contribution in [2.24, 2.45) is 0 Å². The molecule has 1 aliphatic heterocycles. The molecule has 0 aliphatic carbocycles. The molecular weight excluding hydrogens is 184 g/mol. The average molecular weight is 196 g/mol. The second-order valence-electron chi connectivity index (χ2n) is 3.00. The van der Waals surface area contributed by atoms with Gasteiger partial charge in [0.1, 0.15) is 0 Å². The van der Waals surface area contributed by atoms with Crippen LogP contribution in [0.4, 0.5) is 5.00 Å². The zero-order chi connectivity index (χ0) is 9.10. The van der Waals surface area contributed by atoms with Crippen molar-refractivity contribution in [2.45, 2.75) is 6.42 Å². The zero-order valence-electron chi connectivity index (χ0n) is 7.32. The molecule has 0 radical (unpaired) electrons. The molecule has 0 atom stereocenters. The molecule has 70 valence electrons. The summed E-state index contributed by atoms with van der Waals surface area (Å²) in [5.74, 6) is 0.229. The van der Waals surface area contributed by atoms with Crippen LogP contribution in [0, 0.1) is 0 Å². The van der Waals surface area contributed by atoms with Crippen LogP contribution >= 0.6 is 11.3 Å². The Morgan fingerprint density at radius 2 is 2.38 bits per heavy atom. The fourth-order valence-corrected chi connectivity index (χ4v) is 2.20. The zero-order valence-corrected chi connectivity index (χ0v) is 8.14. The summed E-state index contributed by atoms with van der Waals surface area (Å²) in [5, 5.41) is 6.28. The summed E-state index contributed by atoms with van der Waals surface area (Å²) in [6.07, 6.45) is 0.609. The van der Waals surface area contributed by atoms with E-state index in [9.17, 15) is 4.79 Å². The van der Waals surface area contributed by atoms with E-state index in [0.29, 0.717) is 6.42 Å². The van der Waals surface area contributed by atoms with Crippen LogP contribution < -0.4 is 10.2 Å². The van der Waals surface area contributed by atoms with Crippen molar-refractivity contribution in [1.82, 2.24) is 5.32 Å². The van der Waals surface area contributed by atoms with Crippen molar-refractivity contribution >= 4 is 22.2 Å². The Bertz CT molecular complexity index is 284. The number of hydrogen-bond acceptors (Lipinski definition) is 3. The number of amides is 1. The minimum absolute atomic E-state index is 0.229. The Balaban J connectivity index is 2.16. The molecule has 2 heterocycles. The Labute approximate surface area is 81.4 Å². The second kappa shape index (κ2) is 3.89. The molecule has 1 fully saturated rings. The van der Waals surface area contributed by atoms with Gasteiger partial charge in [-0.3, -0.25) is 4.79 Å². The third kappa shape index (κ3) is 1.89. The van der Waals surface area contributed by atoms with Gasteiger partial charge in [0.2, 0.25) is 5.91 Å². The summed E-state index contributed by atoms with van der Waals surface area (Å²) >= 11 is 1.62. The van der Waals surface area contributed by atoms with Crippen molar-refractivity contribution in [2.75, 3.05) is 24.5 Å². The summed E-state index contributed by atoms with van der Waals surface area (Å²) in [5.41, 5.74) is 0. The summed E-state index contributed by atoms with van der Waals surface area (Å²) in [7, 11) is 0. The van der Waals surface area contributed by atoms with Crippen LogP contribution in [0.2, 0.25) is 0 Å². The highest BCUT2D eigenvalue weighted by molar-refractivity contribution is 7.14. The molecule has 1 amide bonds. The quantitative estimate of drug-likeness (QED) is 0.729. The van der Waals surface area contributed by atoms with Gasteiger partial charge < -0.3 is 10.2 Å². The van der Waals surface area contributed by atoms with Gasteiger partial charge in [0.25, 0.3) is 0 Å². The molecule has 13 heavy (non-hydrogen) atoms. The second-order valence-corrected chi connectivity index (χ2v) is 3.92. The van der Waals surface area contributed by atoms with E-state index in [1.807, 2.05) is 22.4 Å². The first-order valence-corrected chi connectivity index (χ1v) is 5.30. The summed E-state index contributed by atoms with van der Waals surface area (Å²) in [4.78, 5) is 13.5. The van der Waals surface area contributed by atoms with Crippen LogP contribution in [0.1, 0.15) is 6.42 Å². The van der Waals surface area contributed by atoms with E-state index in [1.165, 1.54) is 0 Å². The van der Waals surface area contributed by atoms with Gasteiger partial charge in [0.05, 0.1) is 5.00 Å². The summed E-state index contributed by atoms with van der Waals surface area (Å²) in [6, 6.07) is 3.97. The predicted molar refractivity (Wildman–Crippen MR) is 54.2 cm³/mol. The highest BCUT2D eigenvalue weighted by atomic mass is 32.1. The molecule has 0 saturated carbocycles. The topological polar surface area (TPSA) is 32.3 Å². The average Bonchev–Trinajstić information content (AvgIpc) is 2.56. The largest absolute Gasteiger partial charge is 0.314 e. The SMILES string of the molecule is O=C1CCNCCN1c1cccs1. The Morgan fingerprint density at radius 1 is 1.46 bits per heavy atom. The van der Waals surface area contributed by atoms with E-state index >= 15 is 0 Å². The van der Waals surface area contributed by atoms with Crippen molar-refractivity contribution in [1.29, 1.82) is 0 Å². The number of rotatable bonds is 1. The minimum atomic E-state index is 0.229. The number of hydrogen-bond donors (Lipinski definition) is 1. The maximum Gasteiger partial charge on any atom is 0.228 e. The van der Waals surface area contributed by atoms with Gasteiger partial charge in [-0.2, -0.15) is 0 Å². The van der Waals surface area contributed by atoms with Gasteiger partial charge in [0, 0.05) is 26.1 Å². The summed E-state index contributed by atoms with van der Waals surface area (Å²) < 4.78 is 0. The molecule has 0 bridgehead atoms. The highest BCUT2D eigenvalue weighted by Crippen LogP contribution is 2.21. The fourth-order valence-electron chi connectivity index (χ4n) is 1.43. The van der Waals surface area contributed by atoms with Gasteiger partial charge in [-0.25, -0.2) is 0 Å². The molecular formula is C9H12N2OS. The Morgan fingerprint density at radius 3 is 3.15 bits per heavy atom. The van der Waals surface area contributed by atoms with Crippen LogP contribution in [0.25, 0.3) is 0 Å². The first-order valence-electron chi connectivity index (χ1n) is 4.42. The minimum Gasteiger partial charge on any atom is -0.314 e. The van der Waals surface area contributed by atoms with Crippen molar-refractivity contribution in [3.05, 3.63) is 17.5 Å². The van der Waals surface area contributed by atoms with E-state index in [1.54, 1.807) is 11.3 Å². The predicted octanol–water partition coefficient (Wildman–Crippen LogP) is 1.07. The molecule has 0 spiro atoms. The molecule has 1 N–H and O–H groups in total. The molecule has 1 aliphatic rings. The molecule has 0 unspecified atom stereocenters. The number of anilines is 1. The third-order valence-electron chi connectivity index (χ3n) is 2.10. The smallest absolute Gasteiger partial charge is 0.228 e. The van der Waals surface area contributed by atoms with E-state index in [0.717, 1.165) is 24.6 Å². The van der Waals surface area contributed by atoms with Gasteiger partial charge in [-0.15, -0.1) is 11.3 Å². The Hall–Kier alpha value is -0.870. The van der Waals surface area contributed by atoms with Crippen LogP contribution in [0.3, 0.4) is 0 Å². The van der Waals surface area contributed by atoms with Gasteiger partial charge in [-0.1, -0.05) is 0 Å². The fraction of sp³-hybridized carbons (Fsp3) is 0.444. The normalized spacial score (nSPS) is 18.8. The number of nitrogens with zero attached hydrogens (tertiary/aromatic N) is 1. The lowest BCUT2D eigenvalue weighted by Gasteiger charge is -2.17.